The Labute approximate surface area is 191 Å². The van der Waals surface area contributed by atoms with Gasteiger partial charge in [-0.15, -0.1) is 0 Å². The molecule has 32 heavy (non-hydrogen) atoms. The predicted octanol–water partition coefficient (Wildman–Crippen LogP) is 1.60. The number of hydrazone groups is 6. The van der Waals surface area contributed by atoms with Crippen molar-refractivity contribution in [1.29, 1.82) is 0 Å². The molecule has 0 aromatic heterocycles. The summed E-state index contributed by atoms with van der Waals surface area (Å²) in [5, 5.41) is 22.4. The van der Waals surface area contributed by atoms with E-state index in [0.717, 1.165) is 98.5 Å². The summed E-state index contributed by atoms with van der Waals surface area (Å²) in [6.45, 7) is 3.97. The van der Waals surface area contributed by atoms with Crippen molar-refractivity contribution in [3.63, 3.8) is 0 Å². The molecule has 0 saturated heterocycles. The van der Waals surface area contributed by atoms with Gasteiger partial charge in [-0.3, -0.25) is 0 Å². The van der Waals surface area contributed by atoms with Gasteiger partial charge in [-0.05, 0) is 64.7 Å². The van der Waals surface area contributed by atoms with Gasteiger partial charge < -0.3 is 35.1 Å². The Morgan fingerprint density at radius 3 is 1.69 bits per heavy atom. The lowest BCUT2D eigenvalue weighted by molar-refractivity contribution is 0.861. The van der Waals surface area contributed by atoms with Gasteiger partial charge in [0.1, 0.15) is 0 Å². The molecule has 0 aliphatic heterocycles. The Balaban J connectivity index is 0.000000792. The maximum atomic E-state index is 5.46. The Kier molecular flexibility index (Phi) is 16.7. The molecule has 1 aliphatic carbocycles. The van der Waals surface area contributed by atoms with Crippen molar-refractivity contribution in [3.8, 4) is 0 Å². The number of hydrogen-bond donors (Lipinski definition) is 6. The van der Waals surface area contributed by atoms with E-state index in [4.69, 9.17) is 35.1 Å². The highest BCUT2D eigenvalue weighted by Gasteiger charge is 2.12. The van der Waals surface area contributed by atoms with E-state index in [9.17, 15) is 0 Å². The largest absolute Gasteiger partial charge is 0.323 e. The average Bonchev–Trinajstić information content (AvgIpc) is 2.84. The Hall–Kier alpha value is -3.18. The van der Waals surface area contributed by atoms with Gasteiger partial charge in [0.05, 0.1) is 0 Å². The van der Waals surface area contributed by atoms with E-state index in [1.807, 2.05) is 6.92 Å². The zero-order valence-corrected chi connectivity index (χ0v) is 19.6. The molecule has 12 nitrogen and oxygen atoms in total. The first-order chi connectivity index (χ1) is 15.5. The maximum Gasteiger partial charge on any atom is 0.0436 e. The molecule has 12 heteroatoms. The smallest absolute Gasteiger partial charge is 0.0436 e. The van der Waals surface area contributed by atoms with E-state index in [1.54, 1.807) is 0 Å². The van der Waals surface area contributed by atoms with Crippen molar-refractivity contribution >= 4 is 34.3 Å². The minimum atomic E-state index is 0.577. The third-order valence-electron chi connectivity index (χ3n) is 5.12. The Bertz CT molecular complexity index is 685. The van der Waals surface area contributed by atoms with Crippen LogP contribution in [0.15, 0.2) is 30.6 Å². The van der Waals surface area contributed by atoms with Gasteiger partial charge >= 0.3 is 0 Å². The van der Waals surface area contributed by atoms with Gasteiger partial charge in [-0.1, -0.05) is 13.3 Å². The van der Waals surface area contributed by atoms with Crippen LogP contribution in [0.1, 0.15) is 90.9 Å². The van der Waals surface area contributed by atoms with Crippen LogP contribution in [0.3, 0.4) is 0 Å². The summed E-state index contributed by atoms with van der Waals surface area (Å²) in [7, 11) is 0. The zero-order valence-electron chi connectivity index (χ0n) is 19.6. The predicted molar refractivity (Wildman–Crippen MR) is 136 cm³/mol. The first-order valence-electron chi connectivity index (χ1n) is 11.0. The summed E-state index contributed by atoms with van der Waals surface area (Å²) in [4.78, 5) is 0. The number of hydrogen-bond acceptors (Lipinski definition) is 12. The molecule has 0 spiro atoms. The van der Waals surface area contributed by atoms with Crippen molar-refractivity contribution in [2.45, 2.75) is 90.9 Å². The summed E-state index contributed by atoms with van der Waals surface area (Å²) < 4.78 is 0. The Morgan fingerprint density at radius 1 is 0.688 bits per heavy atom. The maximum absolute atomic E-state index is 5.46. The SMILES string of the molecule is CCC/C(CCC/C(C/C(CC/C(C)=N\N)=N/N)=N/N)=N/N.N/N=C1/CCC/C(=N\N)C1. The molecule has 0 amide bonds. The van der Waals surface area contributed by atoms with E-state index in [1.165, 1.54) is 0 Å². The zero-order chi connectivity index (χ0) is 24.2. The lowest BCUT2D eigenvalue weighted by atomic mass is 9.97. The fraction of sp³-hybridized carbons (Fsp3) is 0.700. The third kappa shape index (κ3) is 13.2. The monoisotopic (exact) mass is 450 g/mol. The lowest BCUT2D eigenvalue weighted by Gasteiger charge is -2.12. The van der Waals surface area contributed by atoms with Gasteiger partial charge in [-0.25, -0.2) is 0 Å². The first kappa shape index (κ1) is 28.8. The van der Waals surface area contributed by atoms with Crippen LogP contribution >= 0.6 is 0 Å². The molecule has 0 bridgehead atoms. The van der Waals surface area contributed by atoms with Gasteiger partial charge in [0.25, 0.3) is 0 Å². The first-order valence-corrected chi connectivity index (χ1v) is 11.0. The second kappa shape index (κ2) is 18.6. The molecule has 0 unspecified atom stereocenters. The van der Waals surface area contributed by atoms with Crippen LogP contribution in [0.5, 0.6) is 0 Å². The number of nitrogens with zero attached hydrogens (tertiary/aromatic N) is 6. The normalized spacial score (nSPS) is 18.6. The quantitative estimate of drug-likeness (QED) is 0.155. The van der Waals surface area contributed by atoms with Gasteiger partial charge in [-0.2, -0.15) is 30.6 Å². The van der Waals surface area contributed by atoms with Crippen LogP contribution in [-0.4, -0.2) is 34.3 Å². The van der Waals surface area contributed by atoms with Crippen LogP contribution in [-0.2, 0) is 0 Å². The van der Waals surface area contributed by atoms with Crippen molar-refractivity contribution in [2.24, 2.45) is 65.7 Å². The fourth-order valence-corrected chi connectivity index (χ4v) is 3.19. The van der Waals surface area contributed by atoms with Crippen LogP contribution < -0.4 is 35.1 Å². The van der Waals surface area contributed by atoms with Crippen LogP contribution in [0, 0.1) is 0 Å². The highest BCUT2D eigenvalue weighted by atomic mass is 15.1. The van der Waals surface area contributed by atoms with Gasteiger partial charge in [0.15, 0.2) is 0 Å². The fourth-order valence-electron chi connectivity index (χ4n) is 3.19. The molecule has 1 saturated carbocycles. The van der Waals surface area contributed by atoms with Crippen LogP contribution in [0.25, 0.3) is 0 Å². The molecule has 182 valence electrons. The van der Waals surface area contributed by atoms with E-state index in [2.05, 4.69) is 37.5 Å². The molecule has 0 aromatic rings. The summed E-state index contributed by atoms with van der Waals surface area (Å²) in [6.07, 6.45) is 10.4. The molecule has 0 aromatic carbocycles. The number of rotatable bonds is 11. The summed E-state index contributed by atoms with van der Waals surface area (Å²) >= 11 is 0. The standard InChI is InChI=1S/C14H30N8.C6H12N4/c1-3-5-12(20-16)6-4-7-13(21-17)10-14(22-18)9-8-11(2)19-15;7-9-5-2-1-3-6(4-5)10-8/h3-10,15-18H2,1-2H3;1-4,7-8H2/b19-11-,20-12-,21-13-,22-14+;9-5-,10-6+. The van der Waals surface area contributed by atoms with Crippen molar-refractivity contribution in [3.05, 3.63) is 0 Å². The van der Waals surface area contributed by atoms with Crippen LogP contribution in [0.4, 0.5) is 0 Å². The second-order valence-corrected chi connectivity index (χ2v) is 7.65. The average molecular weight is 451 g/mol. The van der Waals surface area contributed by atoms with Crippen LogP contribution in [0.2, 0.25) is 0 Å². The summed E-state index contributed by atoms with van der Waals surface area (Å²) in [5.41, 5.74) is 5.62. The van der Waals surface area contributed by atoms with Gasteiger partial charge in [0, 0.05) is 47.1 Å². The molecular formula is C20H42N12. The lowest BCUT2D eigenvalue weighted by Crippen LogP contribution is -2.17. The highest BCUT2D eigenvalue weighted by Crippen LogP contribution is 2.12. The molecule has 12 N–H and O–H groups in total. The molecular weight excluding hydrogens is 408 g/mol. The van der Waals surface area contributed by atoms with E-state index in [-0.39, 0.29) is 0 Å². The molecule has 1 rings (SSSR count). The van der Waals surface area contributed by atoms with E-state index < -0.39 is 0 Å². The van der Waals surface area contributed by atoms with Gasteiger partial charge in [0.2, 0.25) is 0 Å². The van der Waals surface area contributed by atoms with E-state index >= 15 is 0 Å². The minimum Gasteiger partial charge on any atom is -0.323 e. The van der Waals surface area contributed by atoms with E-state index in [0.29, 0.717) is 12.8 Å². The molecule has 0 heterocycles. The van der Waals surface area contributed by atoms with Crippen molar-refractivity contribution in [2.75, 3.05) is 0 Å². The summed E-state index contributed by atoms with van der Waals surface area (Å²) in [6, 6.07) is 0. The Morgan fingerprint density at radius 2 is 1.22 bits per heavy atom. The molecule has 0 atom stereocenters. The second-order valence-electron chi connectivity index (χ2n) is 7.65. The highest BCUT2D eigenvalue weighted by molar-refractivity contribution is 6.06. The molecule has 1 fully saturated rings. The number of nitrogens with two attached hydrogens (primary N) is 6. The van der Waals surface area contributed by atoms with Crippen molar-refractivity contribution < 1.29 is 0 Å². The van der Waals surface area contributed by atoms with Crippen molar-refractivity contribution in [1.82, 2.24) is 0 Å². The third-order valence-corrected chi connectivity index (χ3v) is 5.12. The topological polar surface area (TPSA) is 230 Å². The molecule has 0 radical (unpaired) electrons. The molecule has 1 aliphatic rings. The minimum absolute atomic E-state index is 0.577. The summed E-state index contributed by atoms with van der Waals surface area (Å²) in [5.74, 6) is 31.7.